The number of rotatable bonds is 2. The molecule has 3 aliphatic rings. The Hall–Kier alpha value is -5.59. The summed E-state index contributed by atoms with van der Waals surface area (Å²) in [7, 11) is 1.54. The van der Waals surface area contributed by atoms with Gasteiger partial charge in [0, 0.05) is 37.2 Å². The van der Waals surface area contributed by atoms with Gasteiger partial charge in [-0.3, -0.25) is 19.4 Å². The molecule has 0 radical (unpaired) electrons. The number of likely N-dealkylation sites (tertiary alicyclic amines) is 1. The van der Waals surface area contributed by atoms with E-state index < -0.39 is 23.7 Å². The van der Waals surface area contributed by atoms with E-state index in [1.807, 2.05) is 18.2 Å². The number of nitrogens with one attached hydrogen (secondary N) is 4. The summed E-state index contributed by atoms with van der Waals surface area (Å²) in [5.41, 5.74) is 2.03. The second-order valence-electron chi connectivity index (χ2n) is 10.5. The second kappa shape index (κ2) is 12.3. The topological polar surface area (TPSA) is 168 Å². The van der Waals surface area contributed by atoms with Crippen molar-refractivity contribution >= 4 is 17.7 Å². The number of fused-ring (bicyclic) bond motifs is 7. The first-order chi connectivity index (χ1) is 21.4. The third-order valence-electron chi connectivity index (χ3n) is 7.53. The van der Waals surface area contributed by atoms with Gasteiger partial charge in [0.1, 0.15) is 23.4 Å². The Balaban J connectivity index is 1.34. The molecular formula is C31H30N6O7. The molecule has 3 amide bonds. The van der Waals surface area contributed by atoms with E-state index in [4.69, 9.17) is 14.2 Å². The van der Waals surface area contributed by atoms with Crippen LogP contribution >= 0.6 is 0 Å². The number of aromatic amines is 2. The zero-order valence-corrected chi connectivity index (χ0v) is 23.8. The third-order valence-corrected chi connectivity index (χ3v) is 7.53. The number of piperidine rings is 1. The van der Waals surface area contributed by atoms with Crippen molar-refractivity contribution in [2.24, 2.45) is 0 Å². The van der Waals surface area contributed by atoms with Crippen LogP contribution < -0.4 is 30.5 Å². The van der Waals surface area contributed by atoms with Gasteiger partial charge in [0.25, 0.3) is 17.7 Å². The summed E-state index contributed by atoms with van der Waals surface area (Å²) in [6.45, 7) is 0.584. The standard InChI is InChI=1S/C31H30N6O7/c1-42-25-10-7-20-14-23(25)19-3-2-4-22(13-19)43-17-27(38)32-15-18-5-8-21(9-6-18)44-26-11-12-37(16-24(26)33-29(20)39)30(40)28-34-31(41)36-35-28/h2-10,13-14,24,26H,11-12,15-17H2,1H3,(H,32,38)(H,33,39)(H2,34,35,36,41)/t24-,26-/m1/s1. The summed E-state index contributed by atoms with van der Waals surface area (Å²) in [6, 6.07) is 18.9. The summed E-state index contributed by atoms with van der Waals surface area (Å²) >= 11 is 0. The van der Waals surface area contributed by atoms with E-state index >= 15 is 0 Å². The highest BCUT2D eigenvalue weighted by Crippen LogP contribution is 2.33. The summed E-state index contributed by atoms with van der Waals surface area (Å²) in [4.78, 5) is 54.7. The minimum absolute atomic E-state index is 0.110. The maximum atomic E-state index is 13.7. The van der Waals surface area contributed by atoms with Crippen molar-refractivity contribution < 1.29 is 28.6 Å². The minimum Gasteiger partial charge on any atom is -0.496 e. The van der Waals surface area contributed by atoms with Gasteiger partial charge in [-0.1, -0.05) is 24.3 Å². The average molecular weight is 599 g/mol. The molecule has 0 spiro atoms. The third kappa shape index (κ3) is 6.26. The monoisotopic (exact) mass is 598 g/mol. The Bertz CT molecular complexity index is 1750. The maximum Gasteiger partial charge on any atom is 0.341 e. The van der Waals surface area contributed by atoms with E-state index in [0.717, 1.165) is 11.1 Å². The maximum absolute atomic E-state index is 13.7. The number of benzene rings is 3. The zero-order chi connectivity index (χ0) is 30.6. The number of hydrogen-bond acceptors (Lipinski definition) is 8. The largest absolute Gasteiger partial charge is 0.496 e. The van der Waals surface area contributed by atoms with Crippen molar-refractivity contribution in [1.82, 2.24) is 30.7 Å². The predicted octanol–water partition coefficient (Wildman–Crippen LogP) is 1.87. The Kier molecular flexibility index (Phi) is 8.00. The molecule has 4 aromatic rings. The van der Waals surface area contributed by atoms with Crippen molar-refractivity contribution in [2.45, 2.75) is 25.1 Å². The van der Waals surface area contributed by atoms with E-state index in [1.54, 1.807) is 55.6 Å². The van der Waals surface area contributed by atoms with Gasteiger partial charge in [-0.15, -0.1) is 5.10 Å². The fourth-order valence-corrected chi connectivity index (χ4v) is 5.26. The lowest BCUT2D eigenvalue weighted by atomic mass is 9.99. The number of nitrogens with zero attached hydrogens (tertiary/aromatic N) is 2. The van der Waals surface area contributed by atoms with Crippen LogP contribution in [0.4, 0.5) is 0 Å². The molecule has 0 saturated carbocycles. The molecule has 44 heavy (non-hydrogen) atoms. The average Bonchev–Trinajstić information content (AvgIpc) is 3.49. The lowest BCUT2D eigenvalue weighted by Gasteiger charge is -2.38. The normalized spacial score (nSPS) is 18.6. The molecular weight excluding hydrogens is 568 g/mol. The molecule has 2 atom stereocenters. The van der Waals surface area contributed by atoms with E-state index in [9.17, 15) is 19.2 Å². The van der Waals surface area contributed by atoms with Gasteiger partial charge in [0.2, 0.25) is 5.82 Å². The van der Waals surface area contributed by atoms with Gasteiger partial charge in [-0.25, -0.2) is 9.89 Å². The number of amides is 3. The molecule has 4 N–H and O–H groups in total. The lowest BCUT2D eigenvalue weighted by molar-refractivity contribution is -0.123. The second-order valence-corrected chi connectivity index (χ2v) is 10.5. The van der Waals surface area contributed by atoms with E-state index in [2.05, 4.69) is 25.8 Å². The van der Waals surface area contributed by atoms with Crippen LogP contribution in [-0.4, -0.2) is 76.8 Å². The highest BCUT2D eigenvalue weighted by Gasteiger charge is 2.35. The van der Waals surface area contributed by atoms with Crippen molar-refractivity contribution in [1.29, 1.82) is 0 Å². The van der Waals surface area contributed by atoms with E-state index in [0.29, 0.717) is 47.9 Å². The Morgan fingerprint density at radius 2 is 1.84 bits per heavy atom. The van der Waals surface area contributed by atoms with Crippen molar-refractivity contribution in [2.75, 3.05) is 26.8 Å². The van der Waals surface area contributed by atoms with E-state index in [-0.39, 0.29) is 30.8 Å². The molecule has 3 aliphatic heterocycles. The number of carbonyl (C=O) groups excluding carboxylic acids is 3. The number of methoxy groups -OCH3 is 1. The molecule has 1 saturated heterocycles. The summed E-state index contributed by atoms with van der Waals surface area (Å²) in [5, 5.41) is 11.9. The van der Waals surface area contributed by atoms with Gasteiger partial charge in [-0.05, 0) is 53.6 Å². The summed E-state index contributed by atoms with van der Waals surface area (Å²) in [6.07, 6.45) is -0.0620. The molecule has 0 aliphatic carbocycles. The zero-order valence-electron chi connectivity index (χ0n) is 23.8. The molecule has 7 rings (SSSR count). The first kappa shape index (κ1) is 28.5. The van der Waals surface area contributed by atoms with Crippen LogP contribution in [0.3, 0.4) is 0 Å². The predicted molar refractivity (Wildman–Crippen MR) is 158 cm³/mol. The summed E-state index contributed by atoms with van der Waals surface area (Å²) in [5.74, 6) is 0.379. The quantitative estimate of drug-likeness (QED) is 0.271. The molecule has 4 heterocycles. The summed E-state index contributed by atoms with van der Waals surface area (Å²) < 4.78 is 17.7. The number of hydrogen-bond donors (Lipinski definition) is 4. The van der Waals surface area contributed by atoms with Crippen LogP contribution in [0.1, 0.15) is 33.0 Å². The van der Waals surface area contributed by atoms with Gasteiger partial charge >= 0.3 is 5.69 Å². The lowest BCUT2D eigenvalue weighted by Crippen LogP contribution is -2.58. The van der Waals surface area contributed by atoms with Crippen LogP contribution in [0.15, 0.2) is 71.5 Å². The molecule has 3 aromatic carbocycles. The molecule has 13 nitrogen and oxygen atoms in total. The Morgan fingerprint density at radius 1 is 1.00 bits per heavy atom. The van der Waals surface area contributed by atoms with Gasteiger partial charge in [-0.2, -0.15) is 0 Å². The van der Waals surface area contributed by atoms with Gasteiger partial charge in [0.05, 0.1) is 13.2 Å². The molecule has 1 fully saturated rings. The van der Waals surface area contributed by atoms with E-state index in [1.165, 1.54) is 4.90 Å². The molecule has 6 bridgehead atoms. The smallest absolute Gasteiger partial charge is 0.341 e. The number of H-pyrrole nitrogens is 2. The minimum atomic E-state index is -0.599. The first-order valence-corrected chi connectivity index (χ1v) is 14.0. The number of aromatic nitrogens is 3. The first-order valence-electron chi connectivity index (χ1n) is 14.0. The van der Waals surface area contributed by atoms with Crippen LogP contribution in [0.2, 0.25) is 0 Å². The highest BCUT2D eigenvalue weighted by atomic mass is 16.5. The highest BCUT2D eigenvalue weighted by molar-refractivity contribution is 5.96. The number of carbonyl (C=O) groups is 3. The van der Waals surface area contributed by atoms with Crippen molar-refractivity contribution in [3.8, 4) is 28.4 Å². The molecule has 1 aromatic heterocycles. The fraction of sp³-hybridized carbons (Fsp3) is 0.258. The Morgan fingerprint density at radius 3 is 2.61 bits per heavy atom. The molecule has 0 unspecified atom stereocenters. The van der Waals surface area contributed by atoms with Crippen LogP contribution in [-0.2, 0) is 11.3 Å². The molecule has 13 heteroatoms. The molecule has 226 valence electrons. The van der Waals surface area contributed by atoms with Crippen molar-refractivity contribution in [3.05, 3.63) is 94.2 Å². The van der Waals surface area contributed by atoms with Crippen molar-refractivity contribution in [3.63, 3.8) is 0 Å². The van der Waals surface area contributed by atoms with Gasteiger partial charge in [0.15, 0.2) is 6.61 Å². The van der Waals surface area contributed by atoms with Crippen LogP contribution in [0, 0.1) is 0 Å². The van der Waals surface area contributed by atoms with Crippen LogP contribution in [0.5, 0.6) is 17.2 Å². The van der Waals surface area contributed by atoms with Crippen LogP contribution in [0.25, 0.3) is 11.1 Å². The Labute approximate surface area is 251 Å². The SMILES string of the molecule is COc1ccc2cc1-c1cccc(c1)OCC(=O)NCc1ccc(cc1)O[C@@H]1CCN(C(=O)c3n[nH]c(=O)[nH]3)C[C@H]1NC2=O. The fourth-order valence-electron chi connectivity index (χ4n) is 5.26. The van der Waals surface area contributed by atoms with Gasteiger partial charge < -0.3 is 29.7 Å². The number of ether oxygens (including phenoxy) is 3.